The molecule has 0 spiro atoms. The molecule has 1 aliphatic rings. The summed E-state index contributed by atoms with van der Waals surface area (Å²) in [6.45, 7) is 2.31. The molecule has 3 rings (SSSR count). The third-order valence-corrected chi connectivity index (χ3v) is 5.71. The molecule has 0 atom stereocenters. The fraction of sp³-hybridized carbons (Fsp3) is 0.158. The van der Waals surface area contributed by atoms with Crippen LogP contribution in [0.3, 0.4) is 0 Å². The molecule has 7 nitrogen and oxygen atoms in total. The average Bonchev–Trinajstić information content (AvgIpc) is 2.94. The number of carbonyl (C=O) groups is 2. The normalized spacial score (nSPS) is 15.4. The zero-order chi connectivity index (χ0) is 20.3. The maximum Gasteiger partial charge on any atom is 0.293 e. The van der Waals surface area contributed by atoms with Crippen molar-refractivity contribution in [2.75, 3.05) is 6.54 Å². The molecule has 0 N–H and O–H groups in total. The number of hydrogen-bond donors (Lipinski definition) is 0. The van der Waals surface area contributed by atoms with Gasteiger partial charge in [-0.1, -0.05) is 18.2 Å². The van der Waals surface area contributed by atoms with Crippen LogP contribution in [0.15, 0.2) is 47.4 Å². The summed E-state index contributed by atoms with van der Waals surface area (Å²) in [5.41, 5.74) is 1.50. The van der Waals surface area contributed by atoms with Crippen LogP contribution in [-0.4, -0.2) is 27.5 Å². The van der Waals surface area contributed by atoms with E-state index in [1.165, 1.54) is 17.0 Å². The smallest absolute Gasteiger partial charge is 0.293 e. The minimum Gasteiger partial charge on any atom is -0.488 e. The summed E-state index contributed by atoms with van der Waals surface area (Å²) in [6.07, 6.45) is 1.69. The fourth-order valence-corrected chi connectivity index (χ4v) is 4.17. The summed E-state index contributed by atoms with van der Waals surface area (Å²) in [4.78, 5) is 36.0. The molecule has 28 heavy (non-hydrogen) atoms. The largest absolute Gasteiger partial charge is 0.488 e. The number of benzene rings is 2. The van der Waals surface area contributed by atoms with Crippen LogP contribution in [0, 0.1) is 13.7 Å². The summed E-state index contributed by atoms with van der Waals surface area (Å²) in [5, 5.41) is 10.6. The first-order chi connectivity index (χ1) is 13.4. The zero-order valence-electron chi connectivity index (χ0n) is 14.8. The van der Waals surface area contributed by atoms with E-state index in [4.69, 9.17) is 4.74 Å². The second kappa shape index (κ2) is 8.74. The number of hydrogen-bond acceptors (Lipinski definition) is 6. The van der Waals surface area contributed by atoms with Gasteiger partial charge in [0.2, 0.25) is 0 Å². The van der Waals surface area contributed by atoms with Gasteiger partial charge >= 0.3 is 0 Å². The summed E-state index contributed by atoms with van der Waals surface area (Å²) >= 11 is 3.05. The Morgan fingerprint density at radius 1 is 1.25 bits per heavy atom. The maximum atomic E-state index is 12.2. The first kappa shape index (κ1) is 20.3. The van der Waals surface area contributed by atoms with E-state index < -0.39 is 4.92 Å². The predicted octanol–water partition coefficient (Wildman–Crippen LogP) is 4.83. The summed E-state index contributed by atoms with van der Waals surface area (Å²) in [6, 6.07) is 11.7. The number of amides is 2. The molecular weight excluding hydrogens is 495 g/mol. The quantitative estimate of drug-likeness (QED) is 0.239. The first-order valence-corrected chi connectivity index (χ1v) is 10.2. The summed E-state index contributed by atoms with van der Waals surface area (Å²) < 4.78 is 6.60. The van der Waals surface area contributed by atoms with E-state index in [1.807, 2.05) is 6.07 Å². The Labute approximate surface area is 179 Å². The number of carbonyl (C=O) groups excluding carboxylic acids is 2. The number of non-ortho nitro benzene ring substituents is 1. The molecule has 144 valence electrons. The molecule has 1 fully saturated rings. The van der Waals surface area contributed by atoms with Crippen LogP contribution in [0.1, 0.15) is 18.1 Å². The van der Waals surface area contributed by atoms with E-state index in [2.05, 4.69) is 22.6 Å². The Morgan fingerprint density at radius 3 is 2.68 bits per heavy atom. The maximum absolute atomic E-state index is 12.2. The third-order valence-electron chi connectivity index (χ3n) is 3.96. The van der Waals surface area contributed by atoms with Crippen LogP contribution in [0.2, 0.25) is 0 Å². The predicted molar refractivity (Wildman–Crippen MR) is 115 cm³/mol. The number of halogens is 1. The highest BCUT2D eigenvalue weighted by Gasteiger charge is 2.33. The summed E-state index contributed by atoms with van der Waals surface area (Å²) in [5.74, 6) is 0.351. The average molecular weight is 510 g/mol. The number of likely N-dealkylation sites (N-methyl/N-ethyl adjacent to an activating group) is 1. The van der Waals surface area contributed by atoms with Gasteiger partial charge in [0.25, 0.3) is 16.8 Å². The van der Waals surface area contributed by atoms with Gasteiger partial charge < -0.3 is 4.74 Å². The van der Waals surface area contributed by atoms with E-state index >= 15 is 0 Å². The van der Waals surface area contributed by atoms with E-state index in [1.54, 1.807) is 37.3 Å². The van der Waals surface area contributed by atoms with Crippen LogP contribution in [0.25, 0.3) is 6.08 Å². The van der Waals surface area contributed by atoms with Gasteiger partial charge in [-0.25, -0.2) is 0 Å². The Balaban J connectivity index is 1.72. The van der Waals surface area contributed by atoms with Gasteiger partial charge in [0.1, 0.15) is 12.4 Å². The number of nitro groups is 1. The highest BCUT2D eigenvalue weighted by atomic mass is 127. The molecule has 1 saturated heterocycles. The molecule has 0 saturated carbocycles. The van der Waals surface area contributed by atoms with Gasteiger partial charge in [-0.2, -0.15) is 0 Å². The number of imide groups is 1. The molecule has 1 heterocycles. The van der Waals surface area contributed by atoms with Gasteiger partial charge in [-0.15, -0.1) is 0 Å². The Morgan fingerprint density at radius 2 is 2.04 bits per heavy atom. The topological polar surface area (TPSA) is 89.8 Å². The van der Waals surface area contributed by atoms with Gasteiger partial charge in [0.05, 0.1) is 13.4 Å². The lowest BCUT2D eigenvalue weighted by molar-refractivity contribution is -0.384. The number of thioether (sulfide) groups is 1. The van der Waals surface area contributed by atoms with Crippen LogP contribution in [0.5, 0.6) is 5.75 Å². The molecule has 1 aliphatic heterocycles. The molecule has 0 aromatic heterocycles. The van der Waals surface area contributed by atoms with E-state index in [9.17, 15) is 19.7 Å². The van der Waals surface area contributed by atoms with E-state index in [0.717, 1.165) is 20.9 Å². The molecule has 2 amide bonds. The van der Waals surface area contributed by atoms with Crippen molar-refractivity contribution < 1.29 is 19.2 Å². The van der Waals surface area contributed by atoms with Crippen molar-refractivity contribution >= 4 is 57.3 Å². The number of rotatable bonds is 6. The van der Waals surface area contributed by atoms with Crippen molar-refractivity contribution in [2.24, 2.45) is 0 Å². The van der Waals surface area contributed by atoms with Crippen LogP contribution >= 0.6 is 34.4 Å². The SMILES string of the molecule is CCN1C(=O)S/C(=C/c2ccc(OCc3cccc([N+](=O)[O-])c3)c(I)c2)C1=O. The molecule has 2 aromatic carbocycles. The first-order valence-electron chi connectivity index (χ1n) is 8.30. The van der Waals surface area contributed by atoms with Crippen LogP contribution in [0.4, 0.5) is 10.5 Å². The highest BCUT2D eigenvalue weighted by Crippen LogP contribution is 2.33. The van der Waals surface area contributed by atoms with Crippen LogP contribution in [-0.2, 0) is 11.4 Å². The Bertz CT molecular complexity index is 992. The minimum absolute atomic E-state index is 0.0205. The molecule has 0 bridgehead atoms. The molecule has 0 radical (unpaired) electrons. The molecule has 9 heteroatoms. The van der Waals surface area contributed by atoms with Crippen molar-refractivity contribution in [3.8, 4) is 5.75 Å². The molecule has 0 aliphatic carbocycles. The van der Waals surface area contributed by atoms with Gasteiger partial charge in [0, 0.05) is 18.7 Å². The Kier molecular flexibility index (Phi) is 6.35. The van der Waals surface area contributed by atoms with Crippen molar-refractivity contribution in [3.05, 3.63) is 72.2 Å². The number of nitro benzene ring substituents is 1. The Hall–Kier alpha value is -2.40. The van der Waals surface area contributed by atoms with Crippen LogP contribution < -0.4 is 4.74 Å². The second-order valence-corrected chi connectivity index (χ2v) is 7.99. The summed E-state index contributed by atoms with van der Waals surface area (Å²) in [7, 11) is 0. The van der Waals surface area contributed by atoms with Crippen molar-refractivity contribution in [1.29, 1.82) is 0 Å². The van der Waals surface area contributed by atoms with Crippen molar-refractivity contribution in [3.63, 3.8) is 0 Å². The van der Waals surface area contributed by atoms with Gasteiger partial charge in [-0.3, -0.25) is 24.6 Å². The number of ether oxygens (including phenoxy) is 1. The molecule has 0 unspecified atom stereocenters. The third kappa shape index (κ3) is 4.53. The zero-order valence-corrected chi connectivity index (χ0v) is 17.7. The van der Waals surface area contributed by atoms with Crippen molar-refractivity contribution in [2.45, 2.75) is 13.5 Å². The number of nitrogens with zero attached hydrogens (tertiary/aromatic N) is 2. The lowest BCUT2D eigenvalue weighted by Crippen LogP contribution is -2.27. The van der Waals surface area contributed by atoms with E-state index in [0.29, 0.717) is 22.8 Å². The highest BCUT2D eigenvalue weighted by molar-refractivity contribution is 14.1. The lowest BCUT2D eigenvalue weighted by Gasteiger charge is -2.09. The molecular formula is C19H15IN2O5S. The van der Waals surface area contributed by atoms with Crippen molar-refractivity contribution in [1.82, 2.24) is 4.90 Å². The second-order valence-electron chi connectivity index (χ2n) is 5.83. The monoisotopic (exact) mass is 510 g/mol. The lowest BCUT2D eigenvalue weighted by atomic mass is 10.2. The van der Waals surface area contributed by atoms with E-state index in [-0.39, 0.29) is 23.4 Å². The standard InChI is InChI=1S/C19H15IN2O5S/c1-2-21-18(23)17(28-19(21)24)10-12-6-7-16(15(20)9-12)27-11-13-4-3-5-14(8-13)22(25)26/h3-10H,2,11H2,1H3/b17-10+. The van der Waals surface area contributed by atoms with Gasteiger partial charge in [-0.05, 0) is 70.6 Å². The van der Waals surface area contributed by atoms with Gasteiger partial charge in [0.15, 0.2) is 0 Å². The molecule has 2 aromatic rings. The fourth-order valence-electron chi connectivity index (χ4n) is 2.57. The minimum atomic E-state index is -0.442.